The predicted molar refractivity (Wildman–Crippen MR) is 112 cm³/mol. The number of hydrogen-bond donors (Lipinski definition) is 0. The molecule has 3 aromatic rings. The number of carbonyl (C=O) groups is 1. The van der Waals surface area contributed by atoms with Crippen LogP contribution in [0.25, 0.3) is 0 Å². The quantitative estimate of drug-likeness (QED) is 0.515. The lowest BCUT2D eigenvalue weighted by Crippen LogP contribution is -2.16. The van der Waals surface area contributed by atoms with Crippen molar-refractivity contribution in [1.82, 2.24) is 9.97 Å². The van der Waals surface area contributed by atoms with Crippen molar-refractivity contribution in [2.75, 3.05) is 13.7 Å². The SMILES string of the molecule is COC[C@@H](CC(=O)Cc1ncc2c(c1F)CN=C2c1ccnc(F)c1)c1ccccc1. The fraction of sp³-hybridized carbons (Fsp3) is 0.250. The van der Waals surface area contributed by atoms with Crippen LogP contribution in [0.1, 0.15) is 40.3 Å². The third-order valence-electron chi connectivity index (χ3n) is 5.32. The Balaban J connectivity index is 1.51. The molecular weight excluding hydrogens is 400 g/mol. The Kier molecular flexibility index (Phi) is 6.23. The summed E-state index contributed by atoms with van der Waals surface area (Å²) in [5.74, 6) is -1.38. The number of aromatic nitrogens is 2. The van der Waals surface area contributed by atoms with Crippen LogP contribution in [-0.2, 0) is 22.5 Å². The van der Waals surface area contributed by atoms with Crippen molar-refractivity contribution in [3.63, 3.8) is 0 Å². The van der Waals surface area contributed by atoms with Gasteiger partial charge < -0.3 is 4.74 Å². The van der Waals surface area contributed by atoms with Crippen LogP contribution < -0.4 is 0 Å². The molecule has 4 rings (SSSR count). The molecule has 0 aliphatic carbocycles. The van der Waals surface area contributed by atoms with E-state index in [0.29, 0.717) is 29.0 Å². The number of ether oxygens (including phenoxy) is 1. The van der Waals surface area contributed by atoms with Gasteiger partial charge in [0.05, 0.1) is 31.0 Å². The fourth-order valence-electron chi connectivity index (χ4n) is 3.82. The second-order valence-electron chi connectivity index (χ2n) is 7.43. The molecule has 0 radical (unpaired) electrons. The van der Waals surface area contributed by atoms with Crippen LogP contribution in [0, 0.1) is 11.8 Å². The molecule has 0 fully saturated rings. The van der Waals surface area contributed by atoms with Gasteiger partial charge in [0.25, 0.3) is 0 Å². The Bertz CT molecular complexity index is 1130. The minimum atomic E-state index is -0.631. The Hall–Kier alpha value is -3.32. The second-order valence-corrected chi connectivity index (χ2v) is 7.43. The summed E-state index contributed by atoms with van der Waals surface area (Å²) in [6.07, 6.45) is 2.97. The number of pyridine rings is 2. The normalized spacial score (nSPS) is 13.6. The molecule has 3 heterocycles. The van der Waals surface area contributed by atoms with Crippen molar-refractivity contribution in [2.45, 2.75) is 25.3 Å². The highest BCUT2D eigenvalue weighted by atomic mass is 19.1. The Morgan fingerprint density at radius 3 is 2.71 bits per heavy atom. The van der Waals surface area contributed by atoms with Gasteiger partial charge in [-0.15, -0.1) is 0 Å². The van der Waals surface area contributed by atoms with E-state index in [-0.39, 0.29) is 36.8 Å². The lowest BCUT2D eigenvalue weighted by molar-refractivity contribution is -0.119. The van der Waals surface area contributed by atoms with E-state index in [1.807, 2.05) is 30.3 Å². The standard InChI is InChI=1S/C24H21F2N3O2/c1-31-14-17(15-5-3-2-4-6-15)9-18(30)11-21-23(26)19-12-29-24(20(19)13-28-21)16-7-8-27-22(25)10-16/h2-8,10,13,17H,9,11-12,14H2,1H3/t17-/m1/s1. The van der Waals surface area contributed by atoms with E-state index >= 15 is 4.39 Å². The van der Waals surface area contributed by atoms with Crippen LogP contribution in [0.2, 0.25) is 0 Å². The zero-order chi connectivity index (χ0) is 21.8. The maximum Gasteiger partial charge on any atom is 0.213 e. The molecule has 2 aromatic heterocycles. The number of aliphatic imine (C=N–C) groups is 1. The van der Waals surface area contributed by atoms with Gasteiger partial charge in [-0.25, -0.2) is 9.37 Å². The smallest absolute Gasteiger partial charge is 0.213 e. The zero-order valence-corrected chi connectivity index (χ0v) is 17.0. The summed E-state index contributed by atoms with van der Waals surface area (Å²) in [5.41, 5.74) is 2.99. The molecule has 31 heavy (non-hydrogen) atoms. The van der Waals surface area contributed by atoms with Gasteiger partial charge in [-0.3, -0.25) is 14.8 Å². The summed E-state index contributed by atoms with van der Waals surface area (Å²) in [6.45, 7) is 0.524. The van der Waals surface area contributed by atoms with Crippen LogP contribution in [0.5, 0.6) is 0 Å². The first kappa shape index (κ1) is 20.9. The minimum Gasteiger partial charge on any atom is -0.384 e. The number of Topliss-reactive ketones (excluding diaryl/α,β-unsaturated/α-hetero) is 1. The van der Waals surface area contributed by atoms with E-state index in [0.717, 1.165) is 5.56 Å². The third-order valence-corrected chi connectivity index (χ3v) is 5.32. The minimum absolute atomic E-state index is 0.102. The number of hydrogen-bond acceptors (Lipinski definition) is 5. The second kappa shape index (κ2) is 9.22. The molecule has 158 valence electrons. The molecule has 1 atom stereocenters. The molecule has 7 heteroatoms. The van der Waals surface area contributed by atoms with Gasteiger partial charge in [0.1, 0.15) is 5.78 Å². The Morgan fingerprint density at radius 1 is 1.16 bits per heavy atom. The summed E-state index contributed by atoms with van der Waals surface area (Å²) in [5, 5.41) is 0. The zero-order valence-electron chi connectivity index (χ0n) is 17.0. The van der Waals surface area contributed by atoms with Gasteiger partial charge in [0.2, 0.25) is 5.95 Å². The van der Waals surface area contributed by atoms with Gasteiger partial charge in [0, 0.05) is 54.6 Å². The van der Waals surface area contributed by atoms with Crippen LogP contribution in [0.3, 0.4) is 0 Å². The molecule has 0 bridgehead atoms. The van der Waals surface area contributed by atoms with E-state index < -0.39 is 11.8 Å². The summed E-state index contributed by atoms with van der Waals surface area (Å²) < 4.78 is 33.8. The average molecular weight is 421 g/mol. The van der Waals surface area contributed by atoms with Gasteiger partial charge in [0.15, 0.2) is 5.82 Å². The third kappa shape index (κ3) is 4.56. The Labute approximate surface area is 178 Å². The van der Waals surface area contributed by atoms with Crippen molar-refractivity contribution in [1.29, 1.82) is 0 Å². The molecule has 1 aliphatic rings. The van der Waals surface area contributed by atoms with E-state index in [9.17, 15) is 9.18 Å². The maximum absolute atomic E-state index is 15.1. The highest BCUT2D eigenvalue weighted by Gasteiger charge is 2.25. The van der Waals surface area contributed by atoms with Gasteiger partial charge in [-0.2, -0.15) is 4.39 Å². The fourth-order valence-corrected chi connectivity index (χ4v) is 3.82. The molecular formula is C24H21F2N3O2. The molecule has 0 saturated heterocycles. The predicted octanol–water partition coefficient (Wildman–Crippen LogP) is 4.04. The molecule has 0 unspecified atom stereocenters. The number of nitrogens with zero attached hydrogens (tertiary/aromatic N) is 3. The first-order valence-corrected chi connectivity index (χ1v) is 9.95. The van der Waals surface area contributed by atoms with Crippen LogP contribution in [0.4, 0.5) is 8.78 Å². The summed E-state index contributed by atoms with van der Waals surface area (Å²) in [6, 6.07) is 12.5. The lowest BCUT2D eigenvalue weighted by Gasteiger charge is -2.16. The van der Waals surface area contributed by atoms with E-state index in [4.69, 9.17) is 4.74 Å². The number of methoxy groups -OCH3 is 1. The van der Waals surface area contributed by atoms with Crippen molar-refractivity contribution in [2.24, 2.45) is 4.99 Å². The van der Waals surface area contributed by atoms with Crippen LogP contribution in [0.15, 0.2) is 59.9 Å². The first-order chi connectivity index (χ1) is 15.1. The first-order valence-electron chi connectivity index (χ1n) is 9.95. The number of carbonyl (C=O) groups excluding carboxylic acids is 1. The maximum atomic E-state index is 15.1. The van der Waals surface area contributed by atoms with Gasteiger partial charge in [-0.05, 0) is 11.6 Å². The Morgan fingerprint density at radius 2 is 1.97 bits per heavy atom. The number of halogens is 2. The monoisotopic (exact) mass is 421 g/mol. The number of ketones is 1. The summed E-state index contributed by atoms with van der Waals surface area (Å²) in [4.78, 5) is 24.8. The van der Waals surface area contributed by atoms with Crippen molar-refractivity contribution < 1.29 is 18.3 Å². The van der Waals surface area contributed by atoms with Crippen LogP contribution >= 0.6 is 0 Å². The van der Waals surface area contributed by atoms with Gasteiger partial charge in [-0.1, -0.05) is 30.3 Å². The molecule has 0 saturated carbocycles. The van der Waals surface area contributed by atoms with Crippen molar-refractivity contribution >= 4 is 11.5 Å². The van der Waals surface area contributed by atoms with E-state index in [2.05, 4.69) is 15.0 Å². The number of fused-ring (bicyclic) bond motifs is 1. The average Bonchev–Trinajstić information content (AvgIpc) is 3.21. The highest BCUT2D eigenvalue weighted by Crippen LogP contribution is 2.27. The largest absolute Gasteiger partial charge is 0.384 e. The number of rotatable bonds is 8. The molecule has 0 amide bonds. The number of benzene rings is 1. The van der Waals surface area contributed by atoms with Gasteiger partial charge >= 0.3 is 0 Å². The van der Waals surface area contributed by atoms with Crippen molar-refractivity contribution in [3.05, 3.63) is 94.6 Å². The molecule has 0 N–H and O–H groups in total. The molecule has 1 aromatic carbocycles. The molecule has 5 nitrogen and oxygen atoms in total. The molecule has 0 spiro atoms. The van der Waals surface area contributed by atoms with Crippen LogP contribution in [-0.4, -0.2) is 35.2 Å². The molecule has 1 aliphatic heterocycles. The van der Waals surface area contributed by atoms with Crippen molar-refractivity contribution in [3.8, 4) is 0 Å². The summed E-state index contributed by atoms with van der Waals surface area (Å²) in [7, 11) is 1.59. The van der Waals surface area contributed by atoms with E-state index in [1.165, 1.54) is 18.5 Å². The lowest BCUT2D eigenvalue weighted by atomic mass is 9.92. The van der Waals surface area contributed by atoms with E-state index in [1.54, 1.807) is 13.2 Å². The topological polar surface area (TPSA) is 64.4 Å². The highest BCUT2D eigenvalue weighted by molar-refractivity contribution is 6.15. The summed E-state index contributed by atoms with van der Waals surface area (Å²) >= 11 is 0.